The molecule has 16 heavy (non-hydrogen) atoms. The van der Waals surface area contributed by atoms with Gasteiger partial charge in [0.15, 0.2) is 0 Å². The smallest absolute Gasteiger partial charge is 0.121 e. The number of aromatic nitrogens is 2. The highest BCUT2D eigenvalue weighted by atomic mass is 15.3. The first-order valence-electron chi connectivity index (χ1n) is 5.49. The summed E-state index contributed by atoms with van der Waals surface area (Å²) < 4.78 is 1.71. The molecule has 1 heterocycles. The number of hydrogen-bond donors (Lipinski definition) is 1. The quantitative estimate of drug-likeness (QED) is 0.852. The summed E-state index contributed by atoms with van der Waals surface area (Å²) in [5, 5.41) is 4.33. The predicted octanol–water partition coefficient (Wildman–Crippen LogP) is 2.10. The maximum Gasteiger partial charge on any atom is 0.121 e. The fraction of sp³-hybridized carbons (Fsp3) is 0.308. The average Bonchev–Trinajstić information content (AvgIpc) is 2.58. The van der Waals surface area contributed by atoms with E-state index in [2.05, 4.69) is 36.3 Å². The van der Waals surface area contributed by atoms with Crippen LogP contribution in [-0.4, -0.2) is 9.78 Å². The largest absolute Gasteiger partial charge is 0.384 e. The Balaban J connectivity index is 1.99. The molecule has 0 fully saturated rings. The van der Waals surface area contributed by atoms with Crippen LogP contribution in [0.4, 0.5) is 5.82 Å². The third-order valence-electron chi connectivity index (χ3n) is 2.76. The van der Waals surface area contributed by atoms with Gasteiger partial charge in [-0.3, -0.25) is 4.68 Å². The van der Waals surface area contributed by atoms with Gasteiger partial charge in [0.2, 0.25) is 0 Å². The molecule has 1 aromatic heterocycles. The van der Waals surface area contributed by atoms with E-state index in [0.717, 1.165) is 24.4 Å². The van der Waals surface area contributed by atoms with Crippen LogP contribution >= 0.6 is 0 Å². The first-order chi connectivity index (χ1) is 7.65. The number of anilines is 1. The number of nitrogens with two attached hydrogens (primary N) is 1. The molecule has 3 heteroatoms. The summed E-state index contributed by atoms with van der Waals surface area (Å²) in [6.45, 7) is 2.10. The van der Waals surface area contributed by atoms with E-state index >= 15 is 0 Å². The summed E-state index contributed by atoms with van der Waals surface area (Å²) in [6.07, 6.45) is 1.95. The molecule has 84 valence electrons. The van der Waals surface area contributed by atoms with Gasteiger partial charge in [-0.05, 0) is 25.3 Å². The van der Waals surface area contributed by atoms with Crippen LogP contribution in [0.3, 0.4) is 0 Å². The van der Waals surface area contributed by atoms with Crippen molar-refractivity contribution in [3.05, 3.63) is 47.2 Å². The van der Waals surface area contributed by atoms with Gasteiger partial charge >= 0.3 is 0 Å². The Bertz CT molecular complexity index is 449. The monoisotopic (exact) mass is 215 g/mol. The molecule has 0 atom stereocenters. The topological polar surface area (TPSA) is 43.8 Å². The molecule has 1 aromatic carbocycles. The molecule has 0 aliphatic rings. The van der Waals surface area contributed by atoms with Crippen molar-refractivity contribution in [3.63, 3.8) is 0 Å². The van der Waals surface area contributed by atoms with Crippen molar-refractivity contribution in [1.29, 1.82) is 0 Å². The molecule has 0 saturated carbocycles. The lowest BCUT2D eigenvalue weighted by Gasteiger charge is -1.99. The van der Waals surface area contributed by atoms with E-state index in [0.29, 0.717) is 0 Å². The molecule has 0 spiro atoms. The molecule has 3 nitrogen and oxygen atoms in total. The Labute approximate surface area is 95.9 Å². The number of nitrogens with zero attached hydrogens (tertiary/aromatic N) is 2. The summed E-state index contributed by atoms with van der Waals surface area (Å²) in [5.41, 5.74) is 9.43. The van der Waals surface area contributed by atoms with E-state index in [4.69, 9.17) is 5.73 Å². The van der Waals surface area contributed by atoms with E-state index in [9.17, 15) is 0 Å². The summed E-state index contributed by atoms with van der Waals surface area (Å²) in [6, 6.07) is 10.6. The Kier molecular flexibility index (Phi) is 2.95. The SMILES string of the molecule is Cc1ccc(CCc2cc(N)n(C)n2)cc1. The summed E-state index contributed by atoms with van der Waals surface area (Å²) in [4.78, 5) is 0. The predicted molar refractivity (Wildman–Crippen MR) is 66.2 cm³/mol. The van der Waals surface area contributed by atoms with Crippen LogP contribution in [0, 0.1) is 6.92 Å². The molecule has 0 aliphatic carbocycles. The minimum Gasteiger partial charge on any atom is -0.384 e. The molecule has 2 N–H and O–H groups in total. The van der Waals surface area contributed by atoms with E-state index < -0.39 is 0 Å². The first-order valence-corrected chi connectivity index (χ1v) is 5.49. The molecule has 0 amide bonds. The van der Waals surface area contributed by atoms with Gasteiger partial charge < -0.3 is 5.73 Å². The summed E-state index contributed by atoms with van der Waals surface area (Å²) in [5.74, 6) is 0.721. The Morgan fingerprint density at radius 2 is 1.88 bits per heavy atom. The molecule has 2 rings (SSSR count). The minimum absolute atomic E-state index is 0.721. The van der Waals surface area contributed by atoms with Crippen molar-refractivity contribution in [2.75, 3.05) is 5.73 Å². The fourth-order valence-electron chi connectivity index (χ4n) is 1.69. The van der Waals surface area contributed by atoms with Crippen LogP contribution in [0.1, 0.15) is 16.8 Å². The van der Waals surface area contributed by atoms with E-state index in [1.54, 1.807) is 4.68 Å². The Morgan fingerprint density at radius 1 is 1.19 bits per heavy atom. The van der Waals surface area contributed by atoms with E-state index in [1.165, 1.54) is 11.1 Å². The molecule has 0 aliphatic heterocycles. The zero-order valence-electron chi connectivity index (χ0n) is 9.77. The van der Waals surface area contributed by atoms with Crippen molar-refractivity contribution in [1.82, 2.24) is 9.78 Å². The van der Waals surface area contributed by atoms with Gasteiger partial charge in [0, 0.05) is 13.1 Å². The molecule has 0 saturated heterocycles. The van der Waals surface area contributed by atoms with E-state index in [-0.39, 0.29) is 0 Å². The second kappa shape index (κ2) is 4.39. The number of benzene rings is 1. The van der Waals surface area contributed by atoms with Crippen molar-refractivity contribution in [2.45, 2.75) is 19.8 Å². The van der Waals surface area contributed by atoms with Gasteiger partial charge in [0.05, 0.1) is 5.69 Å². The van der Waals surface area contributed by atoms with Crippen molar-refractivity contribution in [2.24, 2.45) is 7.05 Å². The summed E-state index contributed by atoms with van der Waals surface area (Å²) >= 11 is 0. The van der Waals surface area contributed by atoms with Crippen molar-refractivity contribution >= 4 is 5.82 Å². The molecule has 0 bridgehead atoms. The molecule has 0 radical (unpaired) electrons. The third-order valence-corrected chi connectivity index (χ3v) is 2.76. The maximum atomic E-state index is 5.73. The second-order valence-corrected chi connectivity index (χ2v) is 4.17. The Hall–Kier alpha value is -1.77. The normalized spacial score (nSPS) is 10.6. The maximum absolute atomic E-state index is 5.73. The van der Waals surface area contributed by atoms with E-state index in [1.807, 2.05) is 13.1 Å². The average molecular weight is 215 g/mol. The number of rotatable bonds is 3. The lowest BCUT2D eigenvalue weighted by molar-refractivity contribution is 0.745. The zero-order chi connectivity index (χ0) is 11.5. The molecule has 2 aromatic rings. The van der Waals surface area contributed by atoms with Gasteiger partial charge in [-0.15, -0.1) is 0 Å². The summed E-state index contributed by atoms with van der Waals surface area (Å²) in [7, 11) is 1.87. The second-order valence-electron chi connectivity index (χ2n) is 4.17. The molecule has 0 unspecified atom stereocenters. The fourth-order valence-corrected chi connectivity index (χ4v) is 1.69. The Morgan fingerprint density at radius 3 is 2.44 bits per heavy atom. The highest BCUT2D eigenvalue weighted by molar-refractivity contribution is 5.31. The number of nitrogen functional groups attached to an aromatic ring is 1. The molecular formula is C13H17N3. The van der Waals surface area contributed by atoms with Gasteiger partial charge in [0.1, 0.15) is 5.82 Å². The van der Waals surface area contributed by atoms with Gasteiger partial charge in [-0.25, -0.2) is 0 Å². The first kappa shape index (κ1) is 10.7. The lowest BCUT2D eigenvalue weighted by Crippen LogP contribution is -1.97. The third kappa shape index (κ3) is 2.42. The van der Waals surface area contributed by atoms with Crippen LogP contribution in [0.5, 0.6) is 0 Å². The van der Waals surface area contributed by atoms with Gasteiger partial charge in [-0.2, -0.15) is 5.10 Å². The van der Waals surface area contributed by atoms with Crippen LogP contribution in [0.15, 0.2) is 30.3 Å². The minimum atomic E-state index is 0.721. The van der Waals surface area contributed by atoms with Gasteiger partial charge in [0.25, 0.3) is 0 Å². The zero-order valence-corrected chi connectivity index (χ0v) is 9.77. The molecular weight excluding hydrogens is 198 g/mol. The van der Waals surface area contributed by atoms with Crippen LogP contribution in [-0.2, 0) is 19.9 Å². The van der Waals surface area contributed by atoms with Crippen LogP contribution < -0.4 is 5.73 Å². The van der Waals surface area contributed by atoms with Crippen LogP contribution in [0.25, 0.3) is 0 Å². The number of aryl methyl sites for hydroxylation is 4. The number of hydrogen-bond acceptors (Lipinski definition) is 2. The van der Waals surface area contributed by atoms with Crippen molar-refractivity contribution < 1.29 is 0 Å². The van der Waals surface area contributed by atoms with Gasteiger partial charge in [-0.1, -0.05) is 29.8 Å². The highest BCUT2D eigenvalue weighted by Crippen LogP contribution is 2.10. The lowest BCUT2D eigenvalue weighted by atomic mass is 10.1. The van der Waals surface area contributed by atoms with Crippen LogP contribution in [0.2, 0.25) is 0 Å². The highest BCUT2D eigenvalue weighted by Gasteiger charge is 2.02. The van der Waals surface area contributed by atoms with Crippen molar-refractivity contribution in [3.8, 4) is 0 Å². The standard InChI is InChI=1S/C13H17N3/c1-10-3-5-11(6-4-10)7-8-12-9-13(14)16(2)15-12/h3-6,9H,7-8,14H2,1-2H3.